The number of hydrogen-bond acceptors (Lipinski definition) is 4. The first kappa shape index (κ1) is 22.6. The van der Waals surface area contributed by atoms with Gasteiger partial charge in [-0.25, -0.2) is 9.78 Å². The van der Waals surface area contributed by atoms with Gasteiger partial charge in [0.1, 0.15) is 0 Å². The lowest BCUT2D eigenvalue weighted by molar-refractivity contribution is 0.142. The molecule has 176 valence electrons. The first-order valence-corrected chi connectivity index (χ1v) is 12.6. The number of aryl methyl sites for hydroxylation is 4. The second-order valence-corrected chi connectivity index (χ2v) is 10.4. The van der Waals surface area contributed by atoms with Crippen LogP contribution < -0.4 is 5.32 Å². The highest BCUT2D eigenvalue weighted by Crippen LogP contribution is 2.30. The van der Waals surface area contributed by atoms with Gasteiger partial charge in [-0.3, -0.25) is 9.30 Å². The molecule has 1 aliphatic heterocycles. The molecule has 2 aromatic heterocycles. The molecule has 0 saturated carbocycles. The van der Waals surface area contributed by atoms with E-state index < -0.39 is 0 Å². The number of hydrogen-bond donors (Lipinski definition) is 1. The largest absolute Gasteiger partial charge is 0.322 e. The number of rotatable bonds is 4. The van der Waals surface area contributed by atoms with E-state index in [0.29, 0.717) is 13.1 Å². The molecule has 7 heteroatoms. The van der Waals surface area contributed by atoms with Crippen molar-refractivity contribution in [3.63, 3.8) is 0 Å². The summed E-state index contributed by atoms with van der Waals surface area (Å²) < 4.78 is 2.25. The van der Waals surface area contributed by atoms with Gasteiger partial charge in [-0.1, -0.05) is 48.0 Å². The molecule has 0 unspecified atom stereocenters. The van der Waals surface area contributed by atoms with Crippen molar-refractivity contribution in [2.45, 2.75) is 34.2 Å². The molecule has 0 atom stereocenters. The summed E-state index contributed by atoms with van der Waals surface area (Å²) in [6.45, 7) is 12.2. The number of amides is 2. The van der Waals surface area contributed by atoms with E-state index in [2.05, 4.69) is 58.9 Å². The lowest BCUT2D eigenvalue weighted by Gasteiger charge is -2.34. The Labute approximate surface area is 204 Å². The van der Waals surface area contributed by atoms with E-state index >= 15 is 0 Å². The van der Waals surface area contributed by atoms with Crippen LogP contribution in [-0.4, -0.2) is 51.4 Å². The minimum absolute atomic E-state index is 0.0161. The molecule has 0 bridgehead atoms. The SMILES string of the molecule is Cc1ccc(-c2nc3sc(C)cn3c2CN2CCN(C(=O)Nc3c(C)cccc3C)CC2)cc1. The second kappa shape index (κ2) is 9.24. The number of fused-ring (bicyclic) bond motifs is 1. The molecule has 0 radical (unpaired) electrons. The molecule has 1 fully saturated rings. The molecule has 2 aromatic carbocycles. The van der Waals surface area contributed by atoms with Crippen LogP contribution in [0.2, 0.25) is 0 Å². The molecule has 34 heavy (non-hydrogen) atoms. The summed E-state index contributed by atoms with van der Waals surface area (Å²) in [4.78, 5) is 24.6. The van der Waals surface area contributed by atoms with Crippen molar-refractivity contribution >= 4 is 28.0 Å². The number of imidazole rings is 1. The van der Waals surface area contributed by atoms with E-state index in [-0.39, 0.29) is 6.03 Å². The van der Waals surface area contributed by atoms with E-state index in [4.69, 9.17) is 4.98 Å². The number of carbonyl (C=O) groups is 1. The maximum atomic E-state index is 12.9. The van der Waals surface area contributed by atoms with Crippen molar-refractivity contribution < 1.29 is 4.79 Å². The van der Waals surface area contributed by atoms with Gasteiger partial charge in [0.15, 0.2) is 4.96 Å². The number of urea groups is 1. The fourth-order valence-corrected chi connectivity index (χ4v) is 5.46. The highest BCUT2D eigenvalue weighted by atomic mass is 32.1. The van der Waals surface area contributed by atoms with Gasteiger partial charge in [-0.2, -0.15) is 0 Å². The number of nitrogens with zero attached hydrogens (tertiary/aromatic N) is 4. The van der Waals surface area contributed by atoms with Crippen LogP contribution in [0.15, 0.2) is 48.7 Å². The fourth-order valence-electron chi connectivity index (χ4n) is 4.61. The zero-order valence-corrected chi connectivity index (χ0v) is 21.1. The van der Waals surface area contributed by atoms with E-state index in [9.17, 15) is 4.79 Å². The van der Waals surface area contributed by atoms with Crippen molar-refractivity contribution in [3.8, 4) is 11.3 Å². The summed E-state index contributed by atoms with van der Waals surface area (Å²) in [6.07, 6.45) is 2.19. The van der Waals surface area contributed by atoms with Crippen molar-refractivity contribution in [1.29, 1.82) is 0 Å². The maximum Gasteiger partial charge on any atom is 0.321 e. The number of aromatic nitrogens is 2. The Kier molecular flexibility index (Phi) is 6.15. The van der Waals surface area contributed by atoms with Gasteiger partial charge in [0.25, 0.3) is 0 Å². The molecule has 3 heterocycles. The molecule has 1 saturated heterocycles. The Morgan fingerprint density at radius 1 is 0.971 bits per heavy atom. The van der Waals surface area contributed by atoms with Gasteiger partial charge >= 0.3 is 6.03 Å². The van der Waals surface area contributed by atoms with Crippen LogP contribution >= 0.6 is 11.3 Å². The zero-order valence-electron chi connectivity index (χ0n) is 20.3. The molecule has 4 aromatic rings. The molecule has 0 spiro atoms. The van der Waals surface area contributed by atoms with Crippen LogP contribution in [0.1, 0.15) is 27.3 Å². The van der Waals surface area contributed by atoms with Crippen molar-refractivity contribution in [2.24, 2.45) is 0 Å². The Morgan fingerprint density at radius 2 is 1.65 bits per heavy atom. The summed E-state index contributed by atoms with van der Waals surface area (Å²) in [5.41, 5.74) is 7.78. The molecule has 1 N–H and O–H groups in total. The van der Waals surface area contributed by atoms with E-state index in [0.717, 1.165) is 52.7 Å². The lowest BCUT2D eigenvalue weighted by atomic mass is 10.1. The van der Waals surface area contributed by atoms with Crippen molar-refractivity contribution in [3.05, 3.63) is 75.9 Å². The third kappa shape index (κ3) is 4.45. The van der Waals surface area contributed by atoms with Gasteiger partial charge in [-0.05, 0) is 38.8 Å². The van der Waals surface area contributed by atoms with Crippen LogP contribution in [0, 0.1) is 27.7 Å². The van der Waals surface area contributed by atoms with E-state index in [1.807, 2.05) is 36.9 Å². The quantitative estimate of drug-likeness (QED) is 0.417. The summed E-state index contributed by atoms with van der Waals surface area (Å²) in [7, 11) is 0. The highest BCUT2D eigenvalue weighted by molar-refractivity contribution is 7.17. The van der Waals surface area contributed by atoms with Gasteiger partial charge < -0.3 is 10.2 Å². The Hall–Kier alpha value is -3.16. The second-order valence-electron chi connectivity index (χ2n) is 9.23. The van der Waals surface area contributed by atoms with E-state index in [1.54, 1.807) is 11.3 Å². The third-order valence-electron chi connectivity index (χ3n) is 6.61. The summed E-state index contributed by atoms with van der Waals surface area (Å²) in [5, 5.41) is 3.13. The average Bonchev–Trinajstić information content (AvgIpc) is 3.34. The standard InChI is InChI=1S/C27H31N5OS/c1-18-8-10-22(11-9-18)25-23(32-16-21(4)34-27(32)29-25)17-30-12-14-31(15-13-30)26(33)28-24-19(2)6-5-7-20(24)3/h5-11,16H,12-15,17H2,1-4H3,(H,28,33). The number of benzene rings is 2. The highest BCUT2D eigenvalue weighted by Gasteiger charge is 2.24. The zero-order chi connectivity index (χ0) is 23.8. The summed E-state index contributed by atoms with van der Waals surface area (Å²) >= 11 is 1.73. The van der Waals surface area contributed by atoms with Gasteiger partial charge in [0.05, 0.1) is 11.4 Å². The van der Waals surface area contributed by atoms with E-state index in [1.165, 1.54) is 16.1 Å². The van der Waals surface area contributed by atoms with Gasteiger partial charge in [-0.15, -0.1) is 11.3 Å². The van der Waals surface area contributed by atoms with Crippen molar-refractivity contribution in [1.82, 2.24) is 19.2 Å². The molecular weight excluding hydrogens is 442 g/mol. The van der Waals surface area contributed by atoms with Gasteiger partial charge in [0.2, 0.25) is 0 Å². The Balaban J connectivity index is 1.30. The maximum absolute atomic E-state index is 12.9. The number of para-hydroxylation sites is 1. The first-order valence-electron chi connectivity index (χ1n) is 11.8. The summed E-state index contributed by atoms with van der Waals surface area (Å²) in [5.74, 6) is 0. The van der Waals surface area contributed by atoms with Crippen LogP contribution in [-0.2, 0) is 6.54 Å². The number of anilines is 1. The molecule has 0 aliphatic carbocycles. The summed E-state index contributed by atoms with van der Waals surface area (Å²) in [6, 6.07) is 14.7. The number of nitrogens with one attached hydrogen (secondary N) is 1. The molecular formula is C27H31N5OS. The Bertz CT molecular complexity index is 1310. The molecule has 5 rings (SSSR count). The van der Waals surface area contributed by atoms with Crippen LogP contribution in [0.25, 0.3) is 16.2 Å². The fraction of sp³-hybridized carbons (Fsp3) is 0.333. The predicted octanol–water partition coefficient (Wildman–Crippen LogP) is 5.65. The van der Waals surface area contributed by atoms with Crippen molar-refractivity contribution in [2.75, 3.05) is 31.5 Å². The van der Waals surface area contributed by atoms with Crippen LogP contribution in [0.3, 0.4) is 0 Å². The van der Waals surface area contributed by atoms with Crippen LogP contribution in [0.4, 0.5) is 10.5 Å². The average molecular weight is 474 g/mol. The van der Waals surface area contributed by atoms with Crippen LogP contribution in [0.5, 0.6) is 0 Å². The lowest BCUT2D eigenvalue weighted by Crippen LogP contribution is -2.49. The smallest absolute Gasteiger partial charge is 0.321 e. The minimum atomic E-state index is -0.0161. The monoisotopic (exact) mass is 473 g/mol. The number of piperazine rings is 1. The molecule has 1 aliphatic rings. The van der Waals surface area contributed by atoms with Gasteiger partial charge in [0, 0.05) is 55.0 Å². The topological polar surface area (TPSA) is 52.9 Å². The molecule has 2 amide bonds. The number of thiazole rings is 1. The number of carbonyl (C=O) groups excluding carboxylic acids is 1. The third-order valence-corrected chi connectivity index (χ3v) is 7.51. The normalized spacial score (nSPS) is 14.6. The minimum Gasteiger partial charge on any atom is -0.322 e. The first-order chi connectivity index (χ1) is 16.4. The molecule has 6 nitrogen and oxygen atoms in total. The predicted molar refractivity (Wildman–Crippen MR) is 140 cm³/mol. The Morgan fingerprint density at radius 3 is 2.32 bits per heavy atom.